The van der Waals surface area contributed by atoms with E-state index in [1.54, 1.807) is 6.07 Å². The Hall–Kier alpha value is -2.72. The molecule has 0 bridgehead atoms. The summed E-state index contributed by atoms with van der Waals surface area (Å²) in [6.45, 7) is 11.5. The van der Waals surface area contributed by atoms with Crippen LogP contribution in [0.25, 0.3) is 0 Å². The van der Waals surface area contributed by atoms with E-state index in [0.717, 1.165) is 36.8 Å². The van der Waals surface area contributed by atoms with Crippen LogP contribution in [0.2, 0.25) is 5.15 Å². The summed E-state index contributed by atoms with van der Waals surface area (Å²) in [6, 6.07) is 9.88. The number of hydrogen-bond donors (Lipinski definition) is 0. The van der Waals surface area contributed by atoms with Crippen LogP contribution in [0.4, 0.5) is 11.5 Å². The van der Waals surface area contributed by atoms with E-state index < -0.39 is 0 Å². The van der Waals surface area contributed by atoms with E-state index in [2.05, 4.69) is 27.8 Å². The molecule has 2 aliphatic heterocycles. The largest absolute Gasteiger partial charge is 0.492 e. The molecule has 1 atom stereocenters. The first-order chi connectivity index (χ1) is 18.4. The Bertz CT molecular complexity index is 1110. The smallest absolute Gasteiger partial charge is 0.233 e. The molecule has 206 valence electrons. The average molecular weight is 561 g/mol. The molecule has 0 saturated carbocycles. The van der Waals surface area contributed by atoms with Crippen LogP contribution in [-0.4, -0.2) is 95.8 Å². The van der Waals surface area contributed by atoms with Crippen molar-refractivity contribution in [3.63, 3.8) is 0 Å². The van der Waals surface area contributed by atoms with Crippen LogP contribution in [-0.2, 0) is 9.59 Å². The summed E-state index contributed by atoms with van der Waals surface area (Å²) in [5.41, 5.74) is 1.07. The van der Waals surface area contributed by atoms with Crippen molar-refractivity contribution in [2.24, 2.45) is 0 Å². The van der Waals surface area contributed by atoms with Crippen LogP contribution < -0.4 is 14.5 Å². The number of nitrogens with zero attached hydrogens (tertiary/aromatic N) is 6. The van der Waals surface area contributed by atoms with Gasteiger partial charge in [0.15, 0.2) is 5.16 Å². The zero-order valence-electron chi connectivity index (χ0n) is 22.4. The van der Waals surface area contributed by atoms with E-state index in [4.69, 9.17) is 21.3 Å². The van der Waals surface area contributed by atoms with E-state index in [9.17, 15) is 9.59 Å². The Balaban J connectivity index is 1.30. The number of amides is 2. The predicted molar refractivity (Wildman–Crippen MR) is 152 cm³/mol. The van der Waals surface area contributed by atoms with Crippen molar-refractivity contribution in [1.82, 2.24) is 19.8 Å². The van der Waals surface area contributed by atoms with Gasteiger partial charge in [-0.3, -0.25) is 9.59 Å². The highest BCUT2D eigenvalue weighted by Gasteiger charge is 2.28. The molecule has 0 N–H and O–H groups in total. The number of aromatic nitrogens is 2. The SMILES string of the molecule is CCCC(=O)N1CCN(c2cc(Cl)nc(SCC(=O)N3CCN(c4ccccc4OCC)CC3)n2)CC1C. The van der Waals surface area contributed by atoms with Gasteiger partial charge in [0.25, 0.3) is 0 Å². The second-order valence-corrected chi connectivity index (χ2v) is 10.9. The van der Waals surface area contributed by atoms with E-state index in [1.165, 1.54) is 11.8 Å². The maximum atomic E-state index is 13.0. The molecule has 3 heterocycles. The van der Waals surface area contributed by atoms with Gasteiger partial charge in [-0.05, 0) is 32.4 Å². The number of benzene rings is 1. The quantitative estimate of drug-likeness (QED) is 0.260. The molecule has 1 aromatic carbocycles. The lowest BCUT2D eigenvalue weighted by Gasteiger charge is -2.40. The lowest BCUT2D eigenvalue weighted by molar-refractivity contribution is -0.133. The Kier molecular flexibility index (Phi) is 9.96. The summed E-state index contributed by atoms with van der Waals surface area (Å²) in [5.74, 6) is 2.13. The van der Waals surface area contributed by atoms with Crippen LogP contribution in [0.15, 0.2) is 35.5 Å². The van der Waals surface area contributed by atoms with Gasteiger partial charge in [-0.1, -0.05) is 42.4 Å². The molecule has 2 aromatic rings. The molecule has 1 unspecified atom stereocenters. The standard InChI is InChI=1S/C27H37ClN6O3S/c1-4-8-25(35)34-16-15-33(18-20(34)3)24-17-23(28)29-27(30-24)38-19-26(36)32-13-11-31(12-14-32)21-9-6-7-10-22(21)37-5-2/h6-7,9-10,17,20H,4-5,8,11-16,18-19H2,1-3H3. The molecule has 0 spiro atoms. The number of hydrogen-bond acceptors (Lipinski definition) is 8. The molecule has 1 aromatic heterocycles. The third kappa shape index (κ3) is 7.02. The summed E-state index contributed by atoms with van der Waals surface area (Å²) >= 11 is 7.64. The minimum Gasteiger partial charge on any atom is -0.492 e. The minimum absolute atomic E-state index is 0.0644. The van der Waals surface area contributed by atoms with Crippen LogP contribution in [0.1, 0.15) is 33.6 Å². The molecule has 2 amide bonds. The van der Waals surface area contributed by atoms with Gasteiger partial charge in [0.1, 0.15) is 16.7 Å². The van der Waals surface area contributed by atoms with Crippen LogP contribution >= 0.6 is 23.4 Å². The zero-order chi connectivity index (χ0) is 27.1. The fourth-order valence-corrected chi connectivity index (χ4v) is 5.90. The Labute approximate surface area is 234 Å². The molecule has 4 rings (SSSR count). The van der Waals surface area contributed by atoms with Crippen molar-refractivity contribution in [2.45, 2.75) is 44.8 Å². The number of ether oxygens (including phenoxy) is 1. The van der Waals surface area contributed by atoms with Gasteiger partial charge in [-0.2, -0.15) is 0 Å². The summed E-state index contributed by atoms with van der Waals surface area (Å²) in [5, 5.41) is 0.839. The molecule has 0 aliphatic carbocycles. The number of anilines is 2. The highest BCUT2D eigenvalue weighted by atomic mass is 35.5. The van der Waals surface area contributed by atoms with E-state index in [1.807, 2.05) is 41.8 Å². The highest BCUT2D eigenvalue weighted by molar-refractivity contribution is 7.99. The molecular formula is C27H37ClN6O3S. The lowest BCUT2D eigenvalue weighted by Crippen LogP contribution is -2.54. The maximum absolute atomic E-state index is 13.0. The van der Waals surface area contributed by atoms with Crippen molar-refractivity contribution in [3.05, 3.63) is 35.5 Å². The van der Waals surface area contributed by atoms with Gasteiger partial charge in [0, 0.05) is 64.3 Å². The molecule has 2 saturated heterocycles. The molecule has 2 aliphatic rings. The van der Waals surface area contributed by atoms with Crippen molar-refractivity contribution >= 4 is 46.7 Å². The van der Waals surface area contributed by atoms with Crippen molar-refractivity contribution in [2.75, 3.05) is 68.0 Å². The fraction of sp³-hybridized carbons (Fsp3) is 0.556. The van der Waals surface area contributed by atoms with E-state index in [-0.39, 0.29) is 23.6 Å². The zero-order valence-corrected chi connectivity index (χ0v) is 24.0. The fourth-order valence-electron chi connectivity index (χ4n) is 4.92. The summed E-state index contributed by atoms with van der Waals surface area (Å²) in [6.07, 6.45) is 1.43. The number of para-hydroxylation sites is 2. The normalized spacial score (nSPS) is 18.1. The van der Waals surface area contributed by atoms with Gasteiger partial charge < -0.3 is 24.3 Å². The van der Waals surface area contributed by atoms with Crippen LogP contribution in [0, 0.1) is 0 Å². The number of halogens is 1. The highest BCUT2D eigenvalue weighted by Crippen LogP contribution is 2.29. The van der Waals surface area contributed by atoms with Crippen molar-refractivity contribution in [3.8, 4) is 5.75 Å². The van der Waals surface area contributed by atoms with Gasteiger partial charge in [-0.15, -0.1) is 0 Å². The summed E-state index contributed by atoms with van der Waals surface area (Å²) in [7, 11) is 0. The van der Waals surface area contributed by atoms with Gasteiger partial charge in [0.05, 0.1) is 18.0 Å². The van der Waals surface area contributed by atoms with Crippen molar-refractivity contribution in [1.29, 1.82) is 0 Å². The van der Waals surface area contributed by atoms with Crippen LogP contribution in [0.5, 0.6) is 5.75 Å². The van der Waals surface area contributed by atoms with E-state index in [0.29, 0.717) is 56.1 Å². The first-order valence-corrected chi connectivity index (χ1v) is 14.7. The average Bonchev–Trinajstić information content (AvgIpc) is 2.92. The molecular weight excluding hydrogens is 524 g/mol. The van der Waals surface area contributed by atoms with Gasteiger partial charge >= 0.3 is 0 Å². The Morgan fingerprint density at radius 1 is 1.03 bits per heavy atom. The number of rotatable bonds is 9. The molecule has 0 radical (unpaired) electrons. The Morgan fingerprint density at radius 3 is 2.47 bits per heavy atom. The lowest BCUT2D eigenvalue weighted by atomic mass is 10.1. The molecule has 38 heavy (non-hydrogen) atoms. The molecule has 11 heteroatoms. The van der Waals surface area contributed by atoms with Crippen LogP contribution in [0.3, 0.4) is 0 Å². The summed E-state index contributed by atoms with van der Waals surface area (Å²) < 4.78 is 5.78. The Morgan fingerprint density at radius 2 is 1.76 bits per heavy atom. The third-order valence-corrected chi connectivity index (χ3v) is 7.89. The summed E-state index contributed by atoms with van der Waals surface area (Å²) in [4.78, 5) is 42.6. The number of carbonyl (C=O) groups excluding carboxylic acids is 2. The predicted octanol–water partition coefficient (Wildman–Crippen LogP) is 3.81. The van der Waals surface area contributed by atoms with E-state index >= 15 is 0 Å². The van der Waals surface area contributed by atoms with Gasteiger partial charge in [0.2, 0.25) is 11.8 Å². The second kappa shape index (κ2) is 13.4. The van der Waals surface area contributed by atoms with Gasteiger partial charge in [-0.25, -0.2) is 9.97 Å². The third-order valence-electron chi connectivity index (χ3n) is 6.86. The monoisotopic (exact) mass is 560 g/mol. The first-order valence-electron chi connectivity index (χ1n) is 13.4. The minimum atomic E-state index is 0.0644. The maximum Gasteiger partial charge on any atom is 0.233 e. The first kappa shape index (κ1) is 28.3. The topological polar surface area (TPSA) is 82.1 Å². The number of carbonyl (C=O) groups is 2. The number of thioether (sulfide) groups is 1. The van der Waals surface area contributed by atoms with Crippen molar-refractivity contribution < 1.29 is 14.3 Å². The molecule has 2 fully saturated rings. The molecule has 9 nitrogen and oxygen atoms in total. The number of piperazine rings is 2. The second-order valence-electron chi connectivity index (χ2n) is 9.52.